The van der Waals surface area contributed by atoms with E-state index in [9.17, 15) is 14.4 Å². The molecular weight excluding hydrogens is 420 g/mol. The lowest BCUT2D eigenvalue weighted by atomic mass is 10.1. The van der Waals surface area contributed by atoms with Crippen LogP contribution in [0.1, 0.15) is 22.3 Å². The fourth-order valence-electron chi connectivity index (χ4n) is 2.14. The molecule has 0 aliphatic rings. The summed E-state index contributed by atoms with van der Waals surface area (Å²) in [6.45, 7) is 0. The number of rotatable bonds is 9. The SMILES string of the molecule is O=C(O)C[C@H](NC(=O)c1cncc(Br)c1)C(=O)CSCc1ccccc1. The van der Waals surface area contributed by atoms with Crippen LogP contribution in [0.4, 0.5) is 0 Å². The number of aliphatic carboxylic acids is 1. The summed E-state index contributed by atoms with van der Waals surface area (Å²) in [5, 5.41) is 11.5. The van der Waals surface area contributed by atoms with Crippen molar-refractivity contribution in [1.82, 2.24) is 10.3 Å². The number of benzene rings is 1. The Morgan fingerprint density at radius 1 is 1.19 bits per heavy atom. The molecule has 0 fully saturated rings. The van der Waals surface area contributed by atoms with Gasteiger partial charge in [-0.25, -0.2) is 0 Å². The summed E-state index contributed by atoms with van der Waals surface area (Å²) in [4.78, 5) is 39.6. The fraction of sp³-hybridized carbons (Fsp3) is 0.222. The van der Waals surface area contributed by atoms with Gasteiger partial charge >= 0.3 is 5.97 Å². The number of carboxylic acids is 1. The van der Waals surface area contributed by atoms with E-state index in [2.05, 4.69) is 26.2 Å². The predicted molar refractivity (Wildman–Crippen MR) is 103 cm³/mol. The lowest BCUT2D eigenvalue weighted by molar-refractivity contribution is -0.139. The molecule has 0 aliphatic heterocycles. The van der Waals surface area contributed by atoms with Crippen LogP contribution in [0.2, 0.25) is 0 Å². The first kappa shape index (κ1) is 20.1. The number of aromatic nitrogens is 1. The number of thioether (sulfide) groups is 1. The lowest BCUT2D eigenvalue weighted by Crippen LogP contribution is -2.43. The van der Waals surface area contributed by atoms with Crippen LogP contribution >= 0.6 is 27.7 Å². The van der Waals surface area contributed by atoms with Gasteiger partial charge in [-0.1, -0.05) is 30.3 Å². The number of ketones is 1. The van der Waals surface area contributed by atoms with Gasteiger partial charge in [-0.3, -0.25) is 19.4 Å². The van der Waals surface area contributed by atoms with E-state index < -0.39 is 24.3 Å². The average Bonchev–Trinajstić information content (AvgIpc) is 2.61. The molecule has 1 aromatic carbocycles. The molecule has 1 heterocycles. The Balaban J connectivity index is 1.95. The summed E-state index contributed by atoms with van der Waals surface area (Å²) < 4.78 is 0.615. The molecule has 0 spiro atoms. The van der Waals surface area contributed by atoms with Crippen molar-refractivity contribution in [2.45, 2.75) is 18.2 Å². The number of nitrogens with one attached hydrogen (secondary N) is 1. The monoisotopic (exact) mass is 436 g/mol. The Labute approximate surface area is 163 Å². The molecule has 0 saturated heterocycles. The molecule has 136 valence electrons. The second kappa shape index (κ2) is 10.1. The van der Waals surface area contributed by atoms with Crippen LogP contribution in [0, 0.1) is 0 Å². The number of pyridine rings is 1. The van der Waals surface area contributed by atoms with Gasteiger partial charge in [0.1, 0.15) is 0 Å². The minimum Gasteiger partial charge on any atom is -0.481 e. The maximum absolute atomic E-state index is 12.4. The third kappa shape index (κ3) is 6.61. The zero-order chi connectivity index (χ0) is 18.9. The van der Waals surface area contributed by atoms with Crippen LogP contribution in [0.15, 0.2) is 53.3 Å². The van der Waals surface area contributed by atoms with Crippen molar-refractivity contribution in [1.29, 1.82) is 0 Å². The van der Waals surface area contributed by atoms with E-state index in [0.717, 1.165) is 5.56 Å². The summed E-state index contributed by atoms with van der Waals surface area (Å²) in [5.74, 6) is -1.26. The molecule has 2 N–H and O–H groups in total. The highest BCUT2D eigenvalue weighted by Gasteiger charge is 2.24. The van der Waals surface area contributed by atoms with Crippen LogP contribution in [0.3, 0.4) is 0 Å². The molecule has 0 aliphatic carbocycles. The highest BCUT2D eigenvalue weighted by atomic mass is 79.9. The van der Waals surface area contributed by atoms with Crippen molar-refractivity contribution in [2.75, 3.05) is 5.75 Å². The first-order chi connectivity index (χ1) is 12.5. The highest BCUT2D eigenvalue weighted by molar-refractivity contribution is 9.10. The molecule has 0 radical (unpaired) electrons. The summed E-state index contributed by atoms with van der Waals surface area (Å²) in [7, 11) is 0. The van der Waals surface area contributed by atoms with Gasteiger partial charge in [-0.05, 0) is 27.6 Å². The molecule has 26 heavy (non-hydrogen) atoms. The largest absolute Gasteiger partial charge is 0.481 e. The minimum absolute atomic E-state index is 0.115. The summed E-state index contributed by atoms with van der Waals surface area (Å²) in [6, 6.07) is 10.1. The number of nitrogens with zero attached hydrogens (tertiary/aromatic N) is 1. The second-order valence-corrected chi connectivity index (χ2v) is 7.36. The van der Waals surface area contributed by atoms with Crippen molar-refractivity contribution >= 4 is 45.4 Å². The average molecular weight is 437 g/mol. The van der Waals surface area contributed by atoms with Gasteiger partial charge in [0.25, 0.3) is 5.91 Å². The van der Waals surface area contributed by atoms with Crippen molar-refractivity contribution in [2.24, 2.45) is 0 Å². The molecule has 6 nitrogen and oxygen atoms in total. The third-order valence-electron chi connectivity index (χ3n) is 3.40. The van der Waals surface area contributed by atoms with Crippen molar-refractivity contribution in [3.05, 3.63) is 64.4 Å². The van der Waals surface area contributed by atoms with E-state index in [4.69, 9.17) is 5.11 Å². The highest BCUT2D eigenvalue weighted by Crippen LogP contribution is 2.14. The fourth-order valence-corrected chi connectivity index (χ4v) is 3.44. The Hall–Kier alpha value is -2.19. The van der Waals surface area contributed by atoms with Gasteiger partial charge in [0, 0.05) is 22.6 Å². The second-order valence-electron chi connectivity index (χ2n) is 5.46. The molecule has 0 unspecified atom stereocenters. The number of halogens is 1. The van der Waals surface area contributed by atoms with Gasteiger partial charge in [0.2, 0.25) is 0 Å². The van der Waals surface area contributed by atoms with E-state index in [0.29, 0.717) is 10.2 Å². The van der Waals surface area contributed by atoms with Gasteiger partial charge in [0.15, 0.2) is 5.78 Å². The maximum Gasteiger partial charge on any atom is 0.305 e. The van der Waals surface area contributed by atoms with E-state index in [1.807, 2.05) is 30.3 Å². The van der Waals surface area contributed by atoms with E-state index in [1.165, 1.54) is 24.2 Å². The first-order valence-electron chi connectivity index (χ1n) is 7.73. The standard InChI is InChI=1S/C18H17BrN2O4S/c19-14-6-13(8-20-9-14)18(25)21-15(7-17(23)24)16(22)11-26-10-12-4-2-1-3-5-12/h1-6,8-9,15H,7,10-11H2,(H,21,25)(H,23,24)/t15-/m0/s1. The number of hydrogen-bond donors (Lipinski definition) is 2. The Morgan fingerprint density at radius 2 is 1.92 bits per heavy atom. The quantitative estimate of drug-likeness (QED) is 0.627. The summed E-state index contributed by atoms with van der Waals surface area (Å²) >= 11 is 4.60. The van der Waals surface area contributed by atoms with Gasteiger partial charge in [0.05, 0.1) is 23.8 Å². The zero-order valence-corrected chi connectivity index (χ0v) is 16.1. The number of hydrogen-bond acceptors (Lipinski definition) is 5. The minimum atomic E-state index is -1.15. The van der Waals surface area contributed by atoms with E-state index in [1.54, 1.807) is 6.07 Å². The molecule has 2 rings (SSSR count). The smallest absolute Gasteiger partial charge is 0.305 e. The normalized spacial score (nSPS) is 11.6. The predicted octanol–water partition coefficient (Wildman–Crippen LogP) is 2.92. The molecule has 2 aromatic rings. The van der Waals surface area contributed by atoms with Gasteiger partial charge in [-0.15, -0.1) is 11.8 Å². The Kier molecular flexibility index (Phi) is 7.80. The number of Topliss-reactive ketones (excluding diaryl/α,β-unsaturated/α-hetero) is 1. The number of amides is 1. The molecule has 8 heteroatoms. The maximum atomic E-state index is 12.4. The van der Waals surface area contributed by atoms with Crippen LogP contribution in [-0.2, 0) is 15.3 Å². The number of carbonyl (C=O) groups is 3. The molecule has 1 aromatic heterocycles. The first-order valence-corrected chi connectivity index (χ1v) is 9.68. The molecule has 1 atom stereocenters. The Morgan fingerprint density at radius 3 is 2.58 bits per heavy atom. The lowest BCUT2D eigenvalue weighted by Gasteiger charge is -2.16. The van der Waals surface area contributed by atoms with Crippen LogP contribution in [-0.4, -0.2) is 39.5 Å². The molecule has 0 bridgehead atoms. The van der Waals surface area contributed by atoms with Crippen LogP contribution in [0.5, 0.6) is 0 Å². The van der Waals surface area contributed by atoms with Crippen LogP contribution < -0.4 is 5.32 Å². The Bertz CT molecular complexity index is 786. The number of carbonyl (C=O) groups excluding carboxylic acids is 2. The third-order valence-corrected chi connectivity index (χ3v) is 4.86. The summed E-state index contributed by atoms with van der Waals surface area (Å²) in [5.41, 5.74) is 1.32. The molecular formula is C18H17BrN2O4S. The topological polar surface area (TPSA) is 96.4 Å². The van der Waals surface area contributed by atoms with Crippen molar-refractivity contribution in [3.8, 4) is 0 Å². The molecule has 1 amide bonds. The van der Waals surface area contributed by atoms with Crippen molar-refractivity contribution < 1.29 is 19.5 Å². The number of carboxylic acid groups (broad SMARTS) is 1. The van der Waals surface area contributed by atoms with Crippen molar-refractivity contribution in [3.63, 3.8) is 0 Å². The summed E-state index contributed by atoms with van der Waals surface area (Å²) in [6.07, 6.45) is 2.42. The van der Waals surface area contributed by atoms with E-state index >= 15 is 0 Å². The van der Waals surface area contributed by atoms with E-state index in [-0.39, 0.29) is 17.1 Å². The van der Waals surface area contributed by atoms with Crippen LogP contribution in [0.25, 0.3) is 0 Å². The molecule has 0 saturated carbocycles. The zero-order valence-electron chi connectivity index (χ0n) is 13.7. The van der Waals surface area contributed by atoms with Gasteiger partial charge < -0.3 is 10.4 Å². The van der Waals surface area contributed by atoms with Gasteiger partial charge in [-0.2, -0.15) is 0 Å².